The number of hydrogen-bond acceptors (Lipinski definition) is 4. The van der Waals surface area contributed by atoms with Gasteiger partial charge in [0.25, 0.3) is 0 Å². The molecule has 5 rings (SSSR count). The number of rotatable bonds is 5. The fourth-order valence-corrected chi connectivity index (χ4v) is 4.75. The number of nitrogens with zero attached hydrogens (tertiary/aromatic N) is 5. The van der Waals surface area contributed by atoms with Gasteiger partial charge >= 0.3 is 0 Å². The summed E-state index contributed by atoms with van der Waals surface area (Å²) < 4.78 is 17.9. The van der Waals surface area contributed by atoms with Crippen LogP contribution in [0.4, 0.5) is 10.2 Å². The second kappa shape index (κ2) is 10.9. The third kappa shape index (κ3) is 5.18. The molecule has 2 aromatic heterocycles. The van der Waals surface area contributed by atoms with Crippen LogP contribution in [0.2, 0.25) is 5.15 Å². The van der Waals surface area contributed by atoms with E-state index in [1.54, 1.807) is 22.5 Å². The summed E-state index contributed by atoms with van der Waals surface area (Å²) in [7, 11) is 1.80. The molecule has 0 saturated heterocycles. The number of fused-ring (bicyclic) bond motifs is 1. The van der Waals surface area contributed by atoms with Crippen LogP contribution in [0.15, 0.2) is 42.5 Å². The Labute approximate surface area is 210 Å². The van der Waals surface area contributed by atoms with Crippen molar-refractivity contribution in [2.24, 2.45) is 13.0 Å². The van der Waals surface area contributed by atoms with E-state index in [1.807, 2.05) is 44.2 Å². The van der Waals surface area contributed by atoms with E-state index in [-0.39, 0.29) is 5.56 Å². The highest BCUT2D eigenvalue weighted by molar-refractivity contribution is 6.34. The smallest absolute Gasteiger partial charge is 0.149 e. The third-order valence-electron chi connectivity index (χ3n) is 6.38. The summed E-state index contributed by atoms with van der Waals surface area (Å²) in [5.74, 6) is 0.827. The molecule has 0 atom stereocenters. The molecule has 1 aliphatic rings. The highest BCUT2D eigenvalue weighted by atomic mass is 35.5. The molecule has 0 spiro atoms. The van der Waals surface area contributed by atoms with Crippen LogP contribution in [0, 0.1) is 23.1 Å². The molecule has 2 heterocycles. The van der Waals surface area contributed by atoms with E-state index in [2.05, 4.69) is 10.4 Å². The van der Waals surface area contributed by atoms with Gasteiger partial charge in [0.1, 0.15) is 22.9 Å². The predicted molar refractivity (Wildman–Crippen MR) is 139 cm³/mol. The predicted octanol–water partition coefficient (Wildman–Crippen LogP) is 7.11. The molecule has 0 bridgehead atoms. The quantitative estimate of drug-likeness (QED) is 0.322. The van der Waals surface area contributed by atoms with Crippen LogP contribution < -0.4 is 5.32 Å². The number of aryl methyl sites for hydroxylation is 1. The summed E-state index contributed by atoms with van der Waals surface area (Å²) in [4.78, 5) is 0. The molecule has 1 saturated carbocycles. The van der Waals surface area contributed by atoms with Crippen molar-refractivity contribution in [2.75, 3.05) is 11.9 Å². The van der Waals surface area contributed by atoms with E-state index in [0.29, 0.717) is 16.6 Å². The van der Waals surface area contributed by atoms with E-state index >= 15 is 0 Å². The second-order valence-electron chi connectivity index (χ2n) is 8.63. The van der Waals surface area contributed by atoms with E-state index in [1.165, 1.54) is 44.2 Å². The molecular weight excluding hydrogens is 463 g/mol. The van der Waals surface area contributed by atoms with Gasteiger partial charge in [0.05, 0.1) is 22.5 Å². The van der Waals surface area contributed by atoms with Gasteiger partial charge in [-0.3, -0.25) is 4.68 Å². The van der Waals surface area contributed by atoms with Gasteiger partial charge in [0, 0.05) is 30.6 Å². The lowest BCUT2D eigenvalue weighted by Crippen LogP contribution is -2.17. The number of hydrogen-bond donors (Lipinski definition) is 1. The van der Waals surface area contributed by atoms with Crippen LogP contribution in [0.3, 0.4) is 0 Å². The zero-order valence-corrected chi connectivity index (χ0v) is 21.1. The fourth-order valence-electron chi connectivity index (χ4n) is 4.56. The minimum Gasteiger partial charge on any atom is -0.368 e. The van der Waals surface area contributed by atoms with Gasteiger partial charge in [-0.05, 0) is 49.1 Å². The normalized spacial score (nSPS) is 13.8. The van der Waals surface area contributed by atoms with Crippen LogP contribution in [0.25, 0.3) is 27.8 Å². The lowest BCUT2D eigenvalue weighted by molar-refractivity contribution is 0.373. The summed E-state index contributed by atoms with van der Waals surface area (Å²) in [5.41, 5.74) is 2.97. The highest BCUT2D eigenvalue weighted by Gasteiger charge is 2.18. The Morgan fingerprint density at radius 3 is 2.57 bits per heavy atom. The first-order valence-corrected chi connectivity index (χ1v) is 12.6. The first kappa shape index (κ1) is 24.7. The minimum absolute atomic E-state index is 0.0176. The van der Waals surface area contributed by atoms with Crippen LogP contribution in [0.5, 0.6) is 0 Å². The van der Waals surface area contributed by atoms with Crippen molar-refractivity contribution < 1.29 is 4.39 Å². The maximum Gasteiger partial charge on any atom is 0.149 e. The van der Waals surface area contributed by atoms with Gasteiger partial charge < -0.3 is 5.32 Å². The standard InChI is InChI=1S/C25H24ClFN6.C2H6/c1-32-25(26)20-12-19(9-10-22(20)30-32)33-23(17-7-8-18(14-28)21(27)11-17)13-24(31-33)29-15-16-5-3-2-4-6-16;1-2/h7-13,16H,2-6,15H2,1H3,(H,29,31);1-2H3. The number of nitriles is 1. The molecule has 0 unspecified atom stereocenters. The van der Waals surface area contributed by atoms with Gasteiger partial charge in [-0.2, -0.15) is 10.4 Å². The molecule has 182 valence electrons. The maximum absolute atomic E-state index is 14.4. The number of nitrogens with one attached hydrogen (secondary N) is 1. The zero-order valence-electron chi connectivity index (χ0n) is 20.4. The molecule has 8 heteroatoms. The molecule has 1 fully saturated rings. The van der Waals surface area contributed by atoms with E-state index in [0.717, 1.165) is 34.6 Å². The topological polar surface area (TPSA) is 71.5 Å². The summed E-state index contributed by atoms with van der Waals surface area (Å²) in [5, 5.41) is 23.2. The molecule has 1 N–H and O–H groups in total. The van der Waals surface area contributed by atoms with Gasteiger partial charge in [0.15, 0.2) is 0 Å². The molecule has 2 aromatic carbocycles. The Kier molecular flexibility index (Phi) is 7.72. The van der Waals surface area contributed by atoms with E-state index in [4.69, 9.17) is 22.0 Å². The highest BCUT2D eigenvalue weighted by Crippen LogP contribution is 2.31. The van der Waals surface area contributed by atoms with Crippen LogP contribution in [-0.4, -0.2) is 26.1 Å². The minimum atomic E-state index is -0.551. The summed E-state index contributed by atoms with van der Waals surface area (Å²) >= 11 is 6.43. The van der Waals surface area contributed by atoms with Gasteiger partial charge in [-0.1, -0.05) is 50.8 Å². The van der Waals surface area contributed by atoms with Crippen molar-refractivity contribution in [2.45, 2.75) is 46.0 Å². The SMILES string of the molecule is CC.Cn1nc2ccc(-n3nc(NCC4CCCCC4)cc3-c3ccc(C#N)c(F)c3)cc2c1Cl. The number of benzene rings is 2. The van der Waals surface area contributed by atoms with Crippen LogP contribution >= 0.6 is 11.6 Å². The van der Waals surface area contributed by atoms with Gasteiger partial charge in [-0.15, -0.1) is 5.10 Å². The number of anilines is 1. The Morgan fingerprint density at radius 2 is 1.86 bits per heavy atom. The number of halogens is 2. The van der Waals surface area contributed by atoms with Crippen molar-refractivity contribution in [3.63, 3.8) is 0 Å². The molecule has 0 aliphatic heterocycles. The molecule has 6 nitrogen and oxygen atoms in total. The van der Waals surface area contributed by atoms with Gasteiger partial charge in [0.2, 0.25) is 0 Å². The number of aromatic nitrogens is 4. The Morgan fingerprint density at radius 1 is 1.09 bits per heavy atom. The molecule has 4 aromatic rings. The Bertz CT molecular complexity index is 1360. The van der Waals surface area contributed by atoms with Crippen LogP contribution in [-0.2, 0) is 7.05 Å². The monoisotopic (exact) mass is 492 g/mol. The summed E-state index contributed by atoms with van der Waals surface area (Å²) in [6, 6.07) is 14.2. The van der Waals surface area contributed by atoms with Crippen molar-refractivity contribution in [1.82, 2.24) is 19.6 Å². The lowest BCUT2D eigenvalue weighted by atomic mass is 9.89. The first-order valence-electron chi connectivity index (χ1n) is 12.2. The summed E-state index contributed by atoms with van der Waals surface area (Å²) in [6.07, 6.45) is 6.35. The van der Waals surface area contributed by atoms with Crippen molar-refractivity contribution >= 4 is 28.3 Å². The van der Waals surface area contributed by atoms with Crippen molar-refractivity contribution in [3.8, 4) is 23.0 Å². The third-order valence-corrected chi connectivity index (χ3v) is 6.83. The molecular formula is C27H30ClFN6. The molecule has 1 aliphatic carbocycles. The lowest BCUT2D eigenvalue weighted by Gasteiger charge is -2.21. The largest absolute Gasteiger partial charge is 0.368 e. The average Bonchev–Trinajstić information content (AvgIpc) is 3.45. The Hall–Kier alpha value is -3.37. The average molecular weight is 493 g/mol. The zero-order chi connectivity index (χ0) is 24.9. The molecule has 35 heavy (non-hydrogen) atoms. The molecule has 0 radical (unpaired) electrons. The molecule has 0 amide bonds. The van der Waals surface area contributed by atoms with Crippen LogP contribution in [0.1, 0.15) is 51.5 Å². The van der Waals surface area contributed by atoms with Crippen molar-refractivity contribution in [3.05, 3.63) is 59.0 Å². The Balaban J connectivity index is 0.00000141. The second-order valence-corrected chi connectivity index (χ2v) is 8.99. The van der Waals surface area contributed by atoms with E-state index < -0.39 is 5.82 Å². The van der Waals surface area contributed by atoms with Crippen molar-refractivity contribution in [1.29, 1.82) is 5.26 Å². The first-order chi connectivity index (χ1) is 17.0. The van der Waals surface area contributed by atoms with E-state index in [9.17, 15) is 4.39 Å². The maximum atomic E-state index is 14.4. The van der Waals surface area contributed by atoms with Gasteiger partial charge in [-0.25, -0.2) is 9.07 Å². The summed E-state index contributed by atoms with van der Waals surface area (Å²) in [6.45, 7) is 4.87. The fraction of sp³-hybridized carbons (Fsp3) is 0.370.